The minimum Gasteiger partial charge on any atom is -0.166 e. The van der Waals surface area contributed by atoms with E-state index in [-0.39, 0.29) is 0 Å². The second-order valence-electron chi connectivity index (χ2n) is 5.45. The SMILES string of the molecule is CC(C)(C)c1cc2c(cc1C(F)(F)F)CC=C2. The molecule has 0 nitrogen and oxygen atoms in total. The minimum atomic E-state index is -4.28. The fraction of sp³-hybridized carbons (Fsp3) is 0.429. The van der Waals surface area contributed by atoms with Gasteiger partial charge in [-0.05, 0) is 34.6 Å². The monoisotopic (exact) mass is 240 g/mol. The Kier molecular flexibility index (Phi) is 2.60. The van der Waals surface area contributed by atoms with Crippen LogP contribution in [0.15, 0.2) is 18.2 Å². The maximum absolute atomic E-state index is 13.0. The summed E-state index contributed by atoms with van der Waals surface area (Å²) in [5.41, 5.74) is 1.06. The highest BCUT2D eigenvalue weighted by atomic mass is 19.4. The molecule has 0 saturated heterocycles. The van der Waals surface area contributed by atoms with Crippen LogP contribution in [0, 0.1) is 0 Å². The third-order valence-electron chi connectivity index (χ3n) is 3.03. The van der Waals surface area contributed by atoms with Crippen molar-refractivity contribution in [1.82, 2.24) is 0 Å². The van der Waals surface area contributed by atoms with Gasteiger partial charge in [-0.3, -0.25) is 0 Å². The van der Waals surface area contributed by atoms with E-state index in [2.05, 4.69) is 0 Å². The fourth-order valence-corrected chi connectivity index (χ4v) is 2.16. The van der Waals surface area contributed by atoms with Crippen molar-refractivity contribution in [3.05, 3.63) is 40.5 Å². The van der Waals surface area contributed by atoms with E-state index in [0.717, 1.165) is 11.1 Å². The zero-order valence-corrected chi connectivity index (χ0v) is 10.2. The third-order valence-corrected chi connectivity index (χ3v) is 3.03. The lowest BCUT2D eigenvalue weighted by molar-refractivity contribution is -0.138. The van der Waals surface area contributed by atoms with Gasteiger partial charge in [0.25, 0.3) is 0 Å². The molecule has 0 heterocycles. The lowest BCUT2D eigenvalue weighted by Crippen LogP contribution is -2.20. The van der Waals surface area contributed by atoms with E-state index >= 15 is 0 Å². The molecule has 0 atom stereocenters. The van der Waals surface area contributed by atoms with E-state index in [1.54, 1.807) is 6.07 Å². The van der Waals surface area contributed by atoms with E-state index in [1.165, 1.54) is 6.07 Å². The van der Waals surface area contributed by atoms with Gasteiger partial charge in [0.05, 0.1) is 5.56 Å². The summed E-state index contributed by atoms with van der Waals surface area (Å²) in [5.74, 6) is 0. The normalized spacial score (nSPS) is 15.2. The van der Waals surface area contributed by atoms with Crippen LogP contribution in [0.25, 0.3) is 6.08 Å². The molecule has 1 aromatic rings. The average Bonchev–Trinajstić information content (AvgIpc) is 2.59. The van der Waals surface area contributed by atoms with Crippen molar-refractivity contribution in [3.63, 3.8) is 0 Å². The smallest absolute Gasteiger partial charge is 0.166 e. The van der Waals surface area contributed by atoms with Crippen molar-refractivity contribution in [3.8, 4) is 0 Å². The van der Waals surface area contributed by atoms with E-state index < -0.39 is 17.2 Å². The van der Waals surface area contributed by atoms with Crippen LogP contribution in [0.3, 0.4) is 0 Å². The van der Waals surface area contributed by atoms with Gasteiger partial charge in [0.1, 0.15) is 0 Å². The second-order valence-corrected chi connectivity index (χ2v) is 5.45. The number of halogens is 3. The van der Waals surface area contributed by atoms with Crippen LogP contribution in [-0.2, 0) is 18.0 Å². The molecule has 92 valence electrons. The Bertz CT molecular complexity index is 473. The molecule has 1 aliphatic rings. The number of rotatable bonds is 0. The van der Waals surface area contributed by atoms with Crippen LogP contribution in [0.4, 0.5) is 13.2 Å². The Morgan fingerprint density at radius 2 is 1.65 bits per heavy atom. The molecule has 0 aromatic heterocycles. The highest BCUT2D eigenvalue weighted by Gasteiger charge is 2.37. The van der Waals surface area contributed by atoms with E-state index in [4.69, 9.17) is 0 Å². The third kappa shape index (κ3) is 2.24. The largest absolute Gasteiger partial charge is 0.416 e. The molecule has 17 heavy (non-hydrogen) atoms. The molecule has 3 heteroatoms. The first kappa shape index (κ1) is 12.2. The standard InChI is InChI=1S/C14H15F3/c1-13(2,3)11-7-9-5-4-6-10(9)8-12(11)14(15,16)17/h4-5,7-8H,6H2,1-3H3. The van der Waals surface area contributed by atoms with Crippen LogP contribution in [0.1, 0.15) is 43.0 Å². The highest BCUT2D eigenvalue weighted by molar-refractivity contribution is 5.63. The zero-order chi connectivity index (χ0) is 12.8. The summed E-state index contributed by atoms with van der Waals surface area (Å²) < 4.78 is 39.1. The molecule has 0 fully saturated rings. The number of allylic oxidation sites excluding steroid dienone is 1. The van der Waals surface area contributed by atoms with E-state index in [9.17, 15) is 13.2 Å². The molecule has 0 saturated carbocycles. The average molecular weight is 240 g/mol. The first-order valence-electron chi connectivity index (χ1n) is 5.61. The number of hydrogen-bond acceptors (Lipinski definition) is 0. The van der Waals surface area contributed by atoms with Gasteiger partial charge < -0.3 is 0 Å². The summed E-state index contributed by atoms with van der Waals surface area (Å²) in [4.78, 5) is 0. The fourth-order valence-electron chi connectivity index (χ4n) is 2.16. The molecule has 0 spiro atoms. The van der Waals surface area contributed by atoms with Gasteiger partial charge in [0, 0.05) is 0 Å². The summed E-state index contributed by atoms with van der Waals surface area (Å²) in [6.07, 6.45) is 0.116. The number of benzene rings is 1. The maximum Gasteiger partial charge on any atom is 0.416 e. The van der Waals surface area contributed by atoms with Gasteiger partial charge in [0.15, 0.2) is 0 Å². The predicted molar refractivity (Wildman–Crippen MR) is 62.9 cm³/mol. The maximum atomic E-state index is 13.0. The molecule has 0 aliphatic heterocycles. The Balaban J connectivity index is 2.67. The molecule has 0 amide bonds. The van der Waals surface area contributed by atoms with Gasteiger partial charge in [-0.15, -0.1) is 0 Å². The van der Waals surface area contributed by atoms with Crippen molar-refractivity contribution < 1.29 is 13.2 Å². The molecule has 0 bridgehead atoms. The summed E-state index contributed by atoms with van der Waals surface area (Å²) in [6, 6.07) is 2.98. The highest BCUT2D eigenvalue weighted by Crippen LogP contribution is 2.40. The van der Waals surface area contributed by atoms with Crippen LogP contribution < -0.4 is 0 Å². The minimum absolute atomic E-state index is 0.371. The second kappa shape index (κ2) is 3.62. The van der Waals surface area contributed by atoms with Gasteiger partial charge in [-0.1, -0.05) is 39.0 Å². The van der Waals surface area contributed by atoms with Crippen LogP contribution in [0.5, 0.6) is 0 Å². The lowest BCUT2D eigenvalue weighted by Gasteiger charge is -2.25. The summed E-state index contributed by atoms with van der Waals surface area (Å²) in [7, 11) is 0. The van der Waals surface area contributed by atoms with Crippen molar-refractivity contribution in [1.29, 1.82) is 0 Å². The van der Waals surface area contributed by atoms with E-state index in [1.807, 2.05) is 32.9 Å². The summed E-state index contributed by atoms with van der Waals surface area (Å²) in [6.45, 7) is 5.42. The Morgan fingerprint density at radius 3 is 2.18 bits per heavy atom. The molecular weight excluding hydrogens is 225 g/mol. The molecular formula is C14H15F3. The summed E-state index contributed by atoms with van der Waals surface area (Å²) >= 11 is 0. The molecule has 0 N–H and O–H groups in total. The first-order valence-corrected chi connectivity index (χ1v) is 5.61. The lowest BCUT2D eigenvalue weighted by atomic mass is 9.81. The van der Waals surface area contributed by atoms with E-state index in [0.29, 0.717) is 12.0 Å². The van der Waals surface area contributed by atoms with Gasteiger partial charge >= 0.3 is 6.18 Å². The van der Waals surface area contributed by atoms with Crippen molar-refractivity contribution in [2.75, 3.05) is 0 Å². The predicted octanol–water partition coefficient (Wildman–Crippen LogP) is 4.57. The number of hydrogen-bond donors (Lipinski definition) is 0. The van der Waals surface area contributed by atoms with Crippen LogP contribution in [-0.4, -0.2) is 0 Å². The number of fused-ring (bicyclic) bond motifs is 1. The summed E-state index contributed by atoms with van der Waals surface area (Å²) in [5, 5.41) is 0. The molecule has 0 radical (unpaired) electrons. The van der Waals surface area contributed by atoms with Gasteiger partial charge in [0.2, 0.25) is 0 Å². The van der Waals surface area contributed by atoms with Crippen LogP contribution >= 0.6 is 0 Å². The van der Waals surface area contributed by atoms with Crippen molar-refractivity contribution >= 4 is 6.08 Å². The molecule has 0 unspecified atom stereocenters. The van der Waals surface area contributed by atoms with Crippen molar-refractivity contribution in [2.24, 2.45) is 0 Å². The molecule has 1 aromatic carbocycles. The number of alkyl halides is 3. The molecule has 2 rings (SSSR count). The Hall–Kier alpha value is -1.25. The topological polar surface area (TPSA) is 0 Å². The zero-order valence-electron chi connectivity index (χ0n) is 10.2. The van der Waals surface area contributed by atoms with Gasteiger partial charge in [-0.2, -0.15) is 13.2 Å². The van der Waals surface area contributed by atoms with Crippen molar-refractivity contribution in [2.45, 2.75) is 38.8 Å². The van der Waals surface area contributed by atoms with Gasteiger partial charge in [-0.25, -0.2) is 0 Å². The van der Waals surface area contributed by atoms with Crippen LogP contribution in [0.2, 0.25) is 0 Å². The Morgan fingerprint density at radius 1 is 1.00 bits per heavy atom. The first-order chi connectivity index (χ1) is 7.69. The molecule has 1 aliphatic carbocycles. The Labute approximate surface area is 99.2 Å². The quantitative estimate of drug-likeness (QED) is 0.623.